The highest BCUT2D eigenvalue weighted by atomic mass is 16.5. The van der Waals surface area contributed by atoms with Crippen molar-refractivity contribution in [2.45, 2.75) is 25.2 Å². The molecule has 0 amide bonds. The average Bonchev–Trinajstić information content (AvgIpc) is 2.91. The van der Waals surface area contributed by atoms with Crippen LogP contribution < -0.4 is 10.1 Å². The minimum absolute atomic E-state index is 0.455. The number of aryl methyl sites for hydroxylation is 1. The summed E-state index contributed by atoms with van der Waals surface area (Å²) in [4.78, 5) is 4.58. The van der Waals surface area contributed by atoms with Crippen molar-refractivity contribution >= 4 is 5.84 Å². The van der Waals surface area contributed by atoms with Crippen molar-refractivity contribution in [3.8, 4) is 5.75 Å². The summed E-state index contributed by atoms with van der Waals surface area (Å²) in [6.07, 6.45) is 3.64. The molecule has 0 saturated heterocycles. The molecule has 3 heteroatoms. The molecule has 1 aromatic carbocycles. The summed E-state index contributed by atoms with van der Waals surface area (Å²) in [5.41, 5.74) is 2.86. The molecule has 0 spiro atoms. The number of methoxy groups -OCH3 is 1. The van der Waals surface area contributed by atoms with Gasteiger partial charge in [0.05, 0.1) is 13.7 Å². The summed E-state index contributed by atoms with van der Waals surface area (Å²) in [5.74, 6) is 2.59. The standard InChI is InChI=1S/C14H18N2O/c1-17-11-6-5-10-3-2-4-12(13(10)9-11)14-15-7-8-16-14/h5-6,9,12H,2-4,7-8H2,1H3,(H,15,16). The first-order chi connectivity index (χ1) is 8.38. The van der Waals surface area contributed by atoms with Gasteiger partial charge in [0.25, 0.3) is 0 Å². The number of fused-ring (bicyclic) bond motifs is 1. The summed E-state index contributed by atoms with van der Waals surface area (Å²) in [7, 11) is 1.73. The highest BCUT2D eigenvalue weighted by Crippen LogP contribution is 2.34. The second-order valence-corrected chi connectivity index (χ2v) is 4.70. The first-order valence-electron chi connectivity index (χ1n) is 6.33. The highest BCUT2D eigenvalue weighted by molar-refractivity contribution is 5.90. The van der Waals surface area contributed by atoms with Gasteiger partial charge in [-0.25, -0.2) is 0 Å². The van der Waals surface area contributed by atoms with Gasteiger partial charge in [0.15, 0.2) is 0 Å². The Labute approximate surface area is 102 Å². The Kier molecular flexibility index (Phi) is 2.75. The van der Waals surface area contributed by atoms with Crippen molar-refractivity contribution in [2.75, 3.05) is 20.2 Å². The second kappa shape index (κ2) is 4.40. The minimum Gasteiger partial charge on any atom is -0.497 e. The SMILES string of the molecule is COc1ccc2c(c1)C(C1=NCCN1)CCC2. The summed E-state index contributed by atoms with van der Waals surface area (Å²) >= 11 is 0. The molecule has 1 heterocycles. The van der Waals surface area contributed by atoms with Crippen LogP contribution in [0.4, 0.5) is 0 Å². The summed E-state index contributed by atoms with van der Waals surface area (Å²) in [5, 5.41) is 3.41. The van der Waals surface area contributed by atoms with Gasteiger partial charge in [-0.3, -0.25) is 4.99 Å². The quantitative estimate of drug-likeness (QED) is 0.844. The molecule has 17 heavy (non-hydrogen) atoms. The number of hydrogen-bond donors (Lipinski definition) is 1. The Balaban J connectivity index is 1.99. The third kappa shape index (κ3) is 1.90. The summed E-state index contributed by atoms with van der Waals surface area (Å²) in [6, 6.07) is 6.45. The van der Waals surface area contributed by atoms with Crippen LogP contribution in [-0.4, -0.2) is 26.0 Å². The van der Waals surface area contributed by atoms with Crippen molar-refractivity contribution in [2.24, 2.45) is 4.99 Å². The molecule has 0 aromatic heterocycles. The molecule has 0 radical (unpaired) electrons. The van der Waals surface area contributed by atoms with Crippen LogP contribution in [0, 0.1) is 0 Å². The Bertz CT molecular complexity index is 454. The first kappa shape index (κ1) is 10.6. The number of amidine groups is 1. The van der Waals surface area contributed by atoms with Crippen LogP contribution in [0.25, 0.3) is 0 Å². The van der Waals surface area contributed by atoms with Gasteiger partial charge >= 0.3 is 0 Å². The zero-order valence-corrected chi connectivity index (χ0v) is 10.2. The number of aliphatic imine (C=N–C) groups is 1. The molecule has 3 nitrogen and oxygen atoms in total. The number of hydrogen-bond acceptors (Lipinski definition) is 3. The van der Waals surface area contributed by atoms with Crippen LogP contribution in [0.1, 0.15) is 29.9 Å². The van der Waals surface area contributed by atoms with Crippen molar-refractivity contribution in [3.05, 3.63) is 29.3 Å². The number of nitrogens with zero attached hydrogens (tertiary/aromatic N) is 1. The lowest BCUT2D eigenvalue weighted by Crippen LogP contribution is -2.28. The van der Waals surface area contributed by atoms with Crippen molar-refractivity contribution in [1.82, 2.24) is 5.32 Å². The number of nitrogens with one attached hydrogen (secondary N) is 1. The van der Waals surface area contributed by atoms with E-state index in [1.54, 1.807) is 7.11 Å². The minimum atomic E-state index is 0.455. The van der Waals surface area contributed by atoms with E-state index in [0.717, 1.165) is 18.8 Å². The molecule has 0 saturated carbocycles. The molecule has 0 bridgehead atoms. The summed E-state index contributed by atoms with van der Waals surface area (Å²) in [6.45, 7) is 1.91. The fourth-order valence-corrected chi connectivity index (χ4v) is 2.84. The van der Waals surface area contributed by atoms with E-state index in [1.807, 2.05) is 0 Å². The lowest BCUT2D eigenvalue weighted by molar-refractivity contribution is 0.413. The molecular weight excluding hydrogens is 212 g/mol. The monoisotopic (exact) mass is 230 g/mol. The van der Waals surface area contributed by atoms with Gasteiger partial charge < -0.3 is 10.1 Å². The van der Waals surface area contributed by atoms with Crippen LogP contribution in [0.2, 0.25) is 0 Å². The number of benzene rings is 1. The maximum Gasteiger partial charge on any atom is 0.119 e. The number of rotatable bonds is 2. The largest absolute Gasteiger partial charge is 0.497 e. The Morgan fingerprint density at radius 2 is 2.35 bits per heavy atom. The fourth-order valence-electron chi connectivity index (χ4n) is 2.84. The molecular formula is C14H18N2O. The third-order valence-electron chi connectivity index (χ3n) is 3.70. The molecule has 1 unspecified atom stereocenters. The molecule has 3 rings (SSSR count). The molecule has 2 aliphatic rings. The van der Waals surface area contributed by atoms with E-state index in [2.05, 4.69) is 28.5 Å². The lowest BCUT2D eigenvalue weighted by Gasteiger charge is -2.26. The van der Waals surface area contributed by atoms with E-state index in [4.69, 9.17) is 4.74 Å². The van der Waals surface area contributed by atoms with Gasteiger partial charge in [-0.15, -0.1) is 0 Å². The van der Waals surface area contributed by atoms with Crippen LogP contribution in [-0.2, 0) is 6.42 Å². The molecule has 1 aromatic rings. The molecule has 0 fully saturated rings. The van der Waals surface area contributed by atoms with Crippen molar-refractivity contribution in [3.63, 3.8) is 0 Å². The van der Waals surface area contributed by atoms with E-state index < -0.39 is 0 Å². The highest BCUT2D eigenvalue weighted by Gasteiger charge is 2.26. The average molecular weight is 230 g/mol. The van der Waals surface area contributed by atoms with E-state index in [0.29, 0.717) is 5.92 Å². The Hall–Kier alpha value is -1.51. The predicted molar refractivity (Wildman–Crippen MR) is 69.0 cm³/mol. The summed E-state index contributed by atoms with van der Waals surface area (Å²) < 4.78 is 5.33. The molecule has 1 N–H and O–H groups in total. The van der Waals surface area contributed by atoms with Gasteiger partial charge in [-0.05, 0) is 42.5 Å². The molecule has 1 aliphatic heterocycles. The molecule has 1 atom stereocenters. The van der Waals surface area contributed by atoms with Gasteiger partial charge in [-0.2, -0.15) is 0 Å². The first-order valence-corrected chi connectivity index (χ1v) is 6.33. The van der Waals surface area contributed by atoms with Gasteiger partial charge in [0.2, 0.25) is 0 Å². The normalized spacial score (nSPS) is 22.6. The van der Waals surface area contributed by atoms with Crippen molar-refractivity contribution in [1.29, 1.82) is 0 Å². The van der Waals surface area contributed by atoms with Gasteiger partial charge in [0, 0.05) is 12.5 Å². The zero-order valence-electron chi connectivity index (χ0n) is 10.2. The number of ether oxygens (including phenoxy) is 1. The maximum atomic E-state index is 5.33. The van der Waals surface area contributed by atoms with Crippen molar-refractivity contribution < 1.29 is 4.74 Å². The van der Waals surface area contributed by atoms with E-state index in [1.165, 1.54) is 36.2 Å². The third-order valence-corrected chi connectivity index (χ3v) is 3.70. The Morgan fingerprint density at radius 3 is 3.12 bits per heavy atom. The lowest BCUT2D eigenvalue weighted by atomic mass is 9.82. The Morgan fingerprint density at radius 1 is 1.41 bits per heavy atom. The fraction of sp³-hybridized carbons (Fsp3) is 0.500. The van der Waals surface area contributed by atoms with E-state index in [-0.39, 0.29) is 0 Å². The molecule has 1 aliphatic carbocycles. The zero-order chi connectivity index (χ0) is 11.7. The van der Waals surface area contributed by atoms with Gasteiger partial charge in [-0.1, -0.05) is 6.07 Å². The van der Waals surface area contributed by atoms with Gasteiger partial charge in [0.1, 0.15) is 11.6 Å². The van der Waals surface area contributed by atoms with E-state index >= 15 is 0 Å². The predicted octanol–water partition coefficient (Wildman–Crippen LogP) is 2.12. The second-order valence-electron chi connectivity index (χ2n) is 4.70. The molecule has 90 valence electrons. The van der Waals surface area contributed by atoms with Crippen LogP contribution >= 0.6 is 0 Å². The topological polar surface area (TPSA) is 33.6 Å². The smallest absolute Gasteiger partial charge is 0.119 e. The van der Waals surface area contributed by atoms with E-state index in [9.17, 15) is 0 Å². The van der Waals surface area contributed by atoms with Crippen LogP contribution in [0.15, 0.2) is 23.2 Å². The maximum absolute atomic E-state index is 5.33. The van der Waals surface area contributed by atoms with Crippen LogP contribution in [0.5, 0.6) is 5.75 Å². The van der Waals surface area contributed by atoms with Crippen LogP contribution in [0.3, 0.4) is 0 Å².